The van der Waals surface area contributed by atoms with Crippen LogP contribution in [0.5, 0.6) is 5.75 Å². The van der Waals surface area contributed by atoms with E-state index < -0.39 is 11.9 Å². The normalized spacial score (nSPS) is 18.7. The van der Waals surface area contributed by atoms with Gasteiger partial charge in [0, 0.05) is 10.9 Å². The molecule has 1 aliphatic heterocycles. The highest BCUT2D eigenvalue weighted by Gasteiger charge is 2.29. The summed E-state index contributed by atoms with van der Waals surface area (Å²) in [6, 6.07) is 2.88. The monoisotopic (exact) mass is 288 g/mol. The Morgan fingerprint density at radius 1 is 1.56 bits per heavy atom. The van der Waals surface area contributed by atoms with Crippen LogP contribution in [-0.2, 0) is 4.79 Å². The number of carbonyl (C=O) groups is 1. The molecule has 1 aromatic carbocycles. The first-order chi connectivity index (χ1) is 7.61. The van der Waals surface area contributed by atoms with Gasteiger partial charge in [0.05, 0.1) is 5.69 Å². The molecule has 0 bridgehead atoms. The van der Waals surface area contributed by atoms with Crippen LogP contribution in [0.25, 0.3) is 0 Å². The van der Waals surface area contributed by atoms with E-state index in [2.05, 4.69) is 21.2 Å². The van der Waals surface area contributed by atoms with Crippen LogP contribution in [0.4, 0.5) is 10.1 Å². The number of rotatable bonds is 2. The number of hydrogen-bond donors (Lipinski definition) is 2. The van der Waals surface area contributed by atoms with Gasteiger partial charge in [-0.3, -0.25) is 4.79 Å². The van der Waals surface area contributed by atoms with Crippen LogP contribution < -0.4 is 15.8 Å². The Kier molecular flexibility index (Phi) is 3.11. The van der Waals surface area contributed by atoms with Gasteiger partial charge < -0.3 is 15.8 Å². The predicted molar refractivity (Wildman–Crippen MR) is 60.8 cm³/mol. The fourth-order valence-corrected chi connectivity index (χ4v) is 1.95. The van der Waals surface area contributed by atoms with Gasteiger partial charge in [-0.15, -0.1) is 0 Å². The van der Waals surface area contributed by atoms with Crippen molar-refractivity contribution in [1.29, 1.82) is 0 Å². The molecule has 1 heterocycles. The molecule has 0 saturated heterocycles. The van der Waals surface area contributed by atoms with Crippen molar-refractivity contribution in [2.45, 2.75) is 12.5 Å². The summed E-state index contributed by atoms with van der Waals surface area (Å²) in [4.78, 5) is 11.5. The number of nitrogens with two attached hydrogens (primary N) is 1. The zero-order chi connectivity index (χ0) is 11.7. The van der Waals surface area contributed by atoms with Crippen molar-refractivity contribution in [3.05, 3.63) is 22.4 Å². The number of hydrogen-bond acceptors (Lipinski definition) is 3. The van der Waals surface area contributed by atoms with Gasteiger partial charge in [0.15, 0.2) is 17.7 Å². The summed E-state index contributed by atoms with van der Waals surface area (Å²) in [5.41, 5.74) is 5.68. The summed E-state index contributed by atoms with van der Waals surface area (Å²) in [6.07, 6.45) is -0.353. The molecular weight excluding hydrogens is 279 g/mol. The molecule has 1 amide bonds. The number of ether oxygens (including phenoxy) is 1. The lowest BCUT2D eigenvalue weighted by Gasteiger charge is -2.25. The molecule has 0 aliphatic carbocycles. The van der Waals surface area contributed by atoms with E-state index in [0.717, 1.165) is 0 Å². The van der Waals surface area contributed by atoms with E-state index in [4.69, 9.17) is 10.5 Å². The number of benzene rings is 1. The third-order valence-electron chi connectivity index (χ3n) is 2.25. The Morgan fingerprint density at radius 3 is 3.00 bits per heavy atom. The van der Waals surface area contributed by atoms with Gasteiger partial charge in [0.25, 0.3) is 5.91 Å². The molecule has 16 heavy (non-hydrogen) atoms. The lowest BCUT2D eigenvalue weighted by molar-refractivity contribution is -0.123. The van der Waals surface area contributed by atoms with Crippen molar-refractivity contribution in [2.75, 3.05) is 11.9 Å². The molecule has 0 aromatic heterocycles. The van der Waals surface area contributed by atoms with E-state index >= 15 is 0 Å². The van der Waals surface area contributed by atoms with Crippen LogP contribution in [0.15, 0.2) is 16.6 Å². The maximum atomic E-state index is 13.5. The molecule has 1 aliphatic rings. The van der Waals surface area contributed by atoms with Crippen molar-refractivity contribution in [1.82, 2.24) is 0 Å². The van der Waals surface area contributed by atoms with Gasteiger partial charge >= 0.3 is 0 Å². The Labute approximate surface area is 100 Å². The van der Waals surface area contributed by atoms with E-state index in [-0.39, 0.29) is 11.7 Å². The highest BCUT2D eigenvalue weighted by molar-refractivity contribution is 9.10. The lowest BCUT2D eigenvalue weighted by Crippen LogP contribution is -2.38. The summed E-state index contributed by atoms with van der Waals surface area (Å²) in [5, 5.41) is 2.59. The Balaban J connectivity index is 2.35. The van der Waals surface area contributed by atoms with Crippen LogP contribution in [-0.4, -0.2) is 18.6 Å². The minimum atomic E-state index is -0.715. The number of amides is 1. The zero-order valence-corrected chi connectivity index (χ0v) is 9.88. The fraction of sp³-hybridized carbons (Fsp3) is 0.300. The standard InChI is InChI=1S/C10H10BrFN2O2/c11-5-3-6(12)9-7(4-5)14-10(15)8(16-9)1-2-13/h3-4,8H,1-2,13H2,(H,14,15). The van der Waals surface area contributed by atoms with Crippen LogP contribution in [0.1, 0.15) is 6.42 Å². The third-order valence-corrected chi connectivity index (χ3v) is 2.71. The summed E-state index contributed by atoms with van der Waals surface area (Å²) >= 11 is 3.14. The summed E-state index contributed by atoms with van der Waals surface area (Å²) < 4.78 is 19.4. The molecular formula is C10H10BrFN2O2. The number of carbonyl (C=O) groups excluding carboxylic acids is 1. The van der Waals surface area contributed by atoms with Crippen LogP contribution >= 0.6 is 15.9 Å². The molecule has 0 fully saturated rings. The molecule has 86 valence electrons. The number of fused-ring (bicyclic) bond motifs is 1. The van der Waals surface area contributed by atoms with Gasteiger partial charge in [0.1, 0.15) is 0 Å². The summed E-state index contributed by atoms with van der Waals surface area (Å²) in [5.74, 6) is -0.733. The predicted octanol–water partition coefficient (Wildman–Crippen LogP) is 1.64. The molecule has 2 rings (SSSR count). The minimum absolute atomic E-state index is 0.0706. The number of nitrogens with one attached hydrogen (secondary N) is 1. The first kappa shape index (κ1) is 11.3. The average molecular weight is 289 g/mol. The largest absolute Gasteiger partial charge is 0.475 e. The second kappa shape index (κ2) is 4.39. The molecule has 0 spiro atoms. The number of halogens is 2. The topological polar surface area (TPSA) is 64.3 Å². The summed E-state index contributed by atoms with van der Waals surface area (Å²) in [6.45, 7) is 0.311. The van der Waals surface area contributed by atoms with Crippen LogP contribution in [0.3, 0.4) is 0 Å². The van der Waals surface area contributed by atoms with E-state index in [0.29, 0.717) is 23.1 Å². The smallest absolute Gasteiger partial charge is 0.265 e. The fourth-order valence-electron chi connectivity index (χ4n) is 1.52. The van der Waals surface area contributed by atoms with Crippen molar-refractivity contribution < 1.29 is 13.9 Å². The average Bonchev–Trinajstić information content (AvgIpc) is 2.20. The van der Waals surface area contributed by atoms with E-state index in [1.807, 2.05) is 0 Å². The second-order valence-electron chi connectivity index (χ2n) is 3.44. The zero-order valence-electron chi connectivity index (χ0n) is 8.30. The van der Waals surface area contributed by atoms with E-state index in [1.165, 1.54) is 6.07 Å². The van der Waals surface area contributed by atoms with Crippen LogP contribution in [0, 0.1) is 5.82 Å². The van der Waals surface area contributed by atoms with Crippen LogP contribution in [0.2, 0.25) is 0 Å². The molecule has 3 N–H and O–H groups in total. The van der Waals surface area contributed by atoms with Gasteiger partial charge in [-0.2, -0.15) is 0 Å². The van der Waals surface area contributed by atoms with Crippen molar-refractivity contribution in [3.8, 4) is 5.75 Å². The van der Waals surface area contributed by atoms with Crippen molar-refractivity contribution >= 4 is 27.5 Å². The Hall–Kier alpha value is -1.14. The lowest BCUT2D eigenvalue weighted by atomic mass is 10.1. The third kappa shape index (κ3) is 2.03. The maximum absolute atomic E-state index is 13.5. The Bertz CT molecular complexity index is 439. The van der Waals surface area contributed by atoms with Crippen molar-refractivity contribution in [2.24, 2.45) is 5.73 Å². The van der Waals surface area contributed by atoms with Gasteiger partial charge in [-0.1, -0.05) is 15.9 Å². The van der Waals surface area contributed by atoms with Crippen molar-refractivity contribution in [3.63, 3.8) is 0 Å². The second-order valence-corrected chi connectivity index (χ2v) is 4.35. The van der Waals surface area contributed by atoms with E-state index in [1.54, 1.807) is 6.07 Å². The van der Waals surface area contributed by atoms with Gasteiger partial charge in [0.2, 0.25) is 0 Å². The number of anilines is 1. The minimum Gasteiger partial charge on any atom is -0.475 e. The van der Waals surface area contributed by atoms with Gasteiger partial charge in [-0.05, 0) is 18.7 Å². The molecule has 4 nitrogen and oxygen atoms in total. The molecule has 0 saturated carbocycles. The SMILES string of the molecule is NCCC1Oc2c(F)cc(Br)cc2NC1=O. The molecule has 0 radical (unpaired) electrons. The maximum Gasteiger partial charge on any atom is 0.265 e. The molecule has 1 unspecified atom stereocenters. The summed E-state index contributed by atoms with van der Waals surface area (Å²) in [7, 11) is 0. The highest BCUT2D eigenvalue weighted by atomic mass is 79.9. The Morgan fingerprint density at radius 2 is 2.31 bits per heavy atom. The molecule has 1 aromatic rings. The quantitative estimate of drug-likeness (QED) is 0.870. The molecule has 6 heteroatoms. The first-order valence-electron chi connectivity index (χ1n) is 4.78. The van der Waals surface area contributed by atoms with E-state index in [9.17, 15) is 9.18 Å². The molecule has 1 atom stereocenters. The van der Waals surface area contributed by atoms with Gasteiger partial charge in [-0.25, -0.2) is 4.39 Å². The first-order valence-corrected chi connectivity index (χ1v) is 5.57. The highest BCUT2D eigenvalue weighted by Crippen LogP contribution is 2.35.